The molecule has 1 aliphatic heterocycles. The van der Waals surface area contributed by atoms with Gasteiger partial charge in [0.1, 0.15) is 6.04 Å². The first-order valence-corrected chi connectivity index (χ1v) is 7.75. The quantitative estimate of drug-likeness (QED) is 0.927. The van der Waals surface area contributed by atoms with Crippen molar-refractivity contribution in [1.29, 1.82) is 0 Å². The molecule has 4 nitrogen and oxygen atoms in total. The number of benzene rings is 1. The van der Waals surface area contributed by atoms with E-state index in [9.17, 15) is 9.59 Å². The van der Waals surface area contributed by atoms with Crippen LogP contribution >= 0.6 is 0 Å². The molecule has 0 radical (unpaired) electrons. The summed E-state index contributed by atoms with van der Waals surface area (Å²) in [6, 6.07) is 5.72. The first kappa shape index (κ1) is 14.1. The maximum Gasteiger partial charge on any atom is 0.249 e. The normalized spacial score (nSPS) is 22.3. The summed E-state index contributed by atoms with van der Waals surface area (Å²) < 4.78 is 0. The number of amides is 2. The van der Waals surface area contributed by atoms with E-state index in [2.05, 4.69) is 19.2 Å². The van der Waals surface area contributed by atoms with Gasteiger partial charge >= 0.3 is 0 Å². The minimum Gasteiger partial charge on any atom is -0.344 e. The van der Waals surface area contributed by atoms with Gasteiger partial charge in [-0.25, -0.2) is 0 Å². The molecular formula is C17H22N2O2. The van der Waals surface area contributed by atoms with Gasteiger partial charge in [0, 0.05) is 18.2 Å². The summed E-state index contributed by atoms with van der Waals surface area (Å²) in [4.78, 5) is 26.3. The van der Waals surface area contributed by atoms with Crippen molar-refractivity contribution in [3.8, 4) is 0 Å². The van der Waals surface area contributed by atoms with E-state index < -0.39 is 0 Å². The molecule has 3 rings (SSSR count). The fraction of sp³-hybridized carbons (Fsp3) is 0.529. The first-order chi connectivity index (χ1) is 10.1. The Balaban J connectivity index is 1.67. The number of carbonyl (C=O) groups excluding carboxylic acids is 2. The van der Waals surface area contributed by atoms with E-state index in [0.29, 0.717) is 13.0 Å². The summed E-state index contributed by atoms with van der Waals surface area (Å²) in [5.41, 5.74) is 3.34. The van der Waals surface area contributed by atoms with Crippen LogP contribution in [0.4, 0.5) is 5.69 Å². The van der Waals surface area contributed by atoms with E-state index in [1.54, 1.807) is 4.90 Å². The molecular weight excluding hydrogens is 264 g/mol. The maximum atomic E-state index is 12.5. The molecule has 1 saturated carbocycles. The number of hydrogen-bond donors (Lipinski definition) is 1. The SMILES string of the molecule is Cc1ccc(N2CC[C@@H](NC(=O)C3CCC3)C2=O)cc1C. The van der Waals surface area contributed by atoms with Crippen LogP contribution in [-0.4, -0.2) is 24.4 Å². The second-order valence-electron chi connectivity index (χ2n) is 6.24. The third kappa shape index (κ3) is 2.67. The smallest absolute Gasteiger partial charge is 0.249 e. The number of nitrogens with zero attached hydrogens (tertiary/aromatic N) is 1. The van der Waals surface area contributed by atoms with E-state index in [4.69, 9.17) is 0 Å². The van der Waals surface area contributed by atoms with Crippen molar-refractivity contribution in [2.24, 2.45) is 5.92 Å². The van der Waals surface area contributed by atoms with Gasteiger partial charge in [0.25, 0.3) is 0 Å². The standard InChI is InChI=1S/C17H22N2O2/c1-11-6-7-14(10-12(11)2)19-9-8-15(17(19)21)18-16(20)13-4-3-5-13/h6-7,10,13,15H,3-5,8-9H2,1-2H3,(H,18,20)/t15-/m1/s1. The van der Waals surface area contributed by atoms with Gasteiger partial charge in [0.2, 0.25) is 11.8 Å². The zero-order valence-corrected chi connectivity index (χ0v) is 12.7. The number of rotatable bonds is 3. The maximum absolute atomic E-state index is 12.5. The van der Waals surface area contributed by atoms with Gasteiger partial charge in [0.15, 0.2) is 0 Å². The summed E-state index contributed by atoms with van der Waals surface area (Å²) >= 11 is 0. The van der Waals surface area contributed by atoms with Gasteiger partial charge in [-0.3, -0.25) is 9.59 Å². The molecule has 2 amide bonds. The van der Waals surface area contributed by atoms with Crippen molar-refractivity contribution in [1.82, 2.24) is 5.32 Å². The van der Waals surface area contributed by atoms with Crippen molar-refractivity contribution >= 4 is 17.5 Å². The van der Waals surface area contributed by atoms with Crippen molar-refractivity contribution < 1.29 is 9.59 Å². The molecule has 1 saturated heterocycles. The Bertz CT molecular complexity index is 578. The lowest BCUT2D eigenvalue weighted by atomic mass is 9.84. The second-order valence-corrected chi connectivity index (χ2v) is 6.24. The molecule has 0 bridgehead atoms. The van der Waals surface area contributed by atoms with Crippen LogP contribution in [0.25, 0.3) is 0 Å². The average molecular weight is 286 g/mol. The summed E-state index contributed by atoms with van der Waals surface area (Å²) in [5.74, 6) is 0.209. The van der Waals surface area contributed by atoms with Crippen LogP contribution in [0.1, 0.15) is 36.8 Å². The lowest BCUT2D eigenvalue weighted by Crippen LogP contribution is -2.45. The lowest BCUT2D eigenvalue weighted by molar-refractivity contribution is -0.131. The van der Waals surface area contributed by atoms with Gasteiger partial charge in [-0.15, -0.1) is 0 Å². The Labute approximate surface area is 125 Å². The van der Waals surface area contributed by atoms with Crippen molar-refractivity contribution in [2.45, 2.75) is 45.6 Å². The van der Waals surface area contributed by atoms with Crippen LogP contribution in [0, 0.1) is 19.8 Å². The van der Waals surface area contributed by atoms with Gasteiger partial charge in [-0.1, -0.05) is 12.5 Å². The molecule has 1 aliphatic carbocycles. The molecule has 0 spiro atoms. The van der Waals surface area contributed by atoms with E-state index >= 15 is 0 Å². The molecule has 21 heavy (non-hydrogen) atoms. The van der Waals surface area contributed by atoms with Crippen LogP contribution in [0.15, 0.2) is 18.2 Å². The Kier molecular flexibility index (Phi) is 3.70. The summed E-state index contributed by atoms with van der Waals surface area (Å²) in [7, 11) is 0. The molecule has 1 aromatic rings. The number of carbonyl (C=O) groups is 2. The molecule has 1 N–H and O–H groups in total. The Hall–Kier alpha value is -1.84. The third-order valence-corrected chi connectivity index (χ3v) is 4.80. The summed E-state index contributed by atoms with van der Waals surface area (Å²) in [6.45, 7) is 4.79. The third-order valence-electron chi connectivity index (χ3n) is 4.80. The number of anilines is 1. The molecule has 1 aromatic carbocycles. The Morgan fingerprint density at radius 3 is 2.57 bits per heavy atom. The molecule has 2 aliphatic rings. The van der Waals surface area contributed by atoms with Gasteiger partial charge in [0.05, 0.1) is 0 Å². The lowest BCUT2D eigenvalue weighted by Gasteiger charge is -2.25. The Morgan fingerprint density at radius 1 is 1.19 bits per heavy atom. The van der Waals surface area contributed by atoms with Crippen LogP contribution in [-0.2, 0) is 9.59 Å². The molecule has 2 fully saturated rings. The van der Waals surface area contributed by atoms with Crippen LogP contribution in [0.3, 0.4) is 0 Å². The largest absolute Gasteiger partial charge is 0.344 e. The van der Waals surface area contributed by atoms with Gasteiger partial charge < -0.3 is 10.2 Å². The van der Waals surface area contributed by atoms with Gasteiger partial charge in [-0.05, 0) is 56.4 Å². The monoisotopic (exact) mass is 286 g/mol. The molecule has 0 aromatic heterocycles. The topological polar surface area (TPSA) is 49.4 Å². The van der Waals surface area contributed by atoms with E-state index in [1.165, 1.54) is 11.1 Å². The van der Waals surface area contributed by atoms with Gasteiger partial charge in [-0.2, -0.15) is 0 Å². The van der Waals surface area contributed by atoms with Crippen molar-refractivity contribution in [2.75, 3.05) is 11.4 Å². The molecule has 1 atom stereocenters. The summed E-state index contributed by atoms with van der Waals surface area (Å²) in [6.07, 6.45) is 3.76. The second kappa shape index (κ2) is 5.51. The predicted octanol–water partition coefficient (Wildman–Crippen LogP) is 2.33. The van der Waals surface area contributed by atoms with Crippen LogP contribution in [0.5, 0.6) is 0 Å². The molecule has 112 valence electrons. The number of nitrogens with one attached hydrogen (secondary N) is 1. The van der Waals surface area contributed by atoms with Crippen molar-refractivity contribution in [3.63, 3.8) is 0 Å². The highest BCUT2D eigenvalue weighted by atomic mass is 16.2. The highest BCUT2D eigenvalue weighted by Gasteiger charge is 2.36. The zero-order chi connectivity index (χ0) is 15.0. The first-order valence-electron chi connectivity index (χ1n) is 7.75. The number of aryl methyl sites for hydroxylation is 2. The highest BCUT2D eigenvalue weighted by molar-refractivity contribution is 6.01. The minimum atomic E-state index is -0.347. The fourth-order valence-electron chi connectivity index (χ4n) is 2.92. The molecule has 0 unspecified atom stereocenters. The fourth-order valence-corrected chi connectivity index (χ4v) is 2.92. The van der Waals surface area contributed by atoms with E-state index in [-0.39, 0.29) is 23.8 Å². The summed E-state index contributed by atoms with van der Waals surface area (Å²) in [5, 5.41) is 2.93. The number of hydrogen-bond acceptors (Lipinski definition) is 2. The molecule has 4 heteroatoms. The minimum absolute atomic E-state index is 0.0194. The van der Waals surface area contributed by atoms with Crippen molar-refractivity contribution in [3.05, 3.63) is 29.3 Å². The van der Waals surface area contributed by atoms with E-state index in [1.807, 2.05) is 18.2 Å². The molecule has 1 heterocycles. The van der Waals surface area contributed by atoms with E-state index in [0.717, 1.165) is 24.9 Å². The highest BCUT2D eigenvalue weighted by Crippen LogP contribution is 2.28. The Morgan fingerprint density at radius 2 is 1.95 bits per heavy atom. The average Bonchev–Trinajstić information content (AvgIpc) is 2.72. The van der Waals surface area contributed by atoms with Crippen LogP contribution in [0.2, 0.25) is 0 Å². The predicted molar refractivity (Wildman–Crippen MR) is 82.2 cm³/mol. The zero-order valence-electron chi connectivity index (χ0n) is 12.7. The van der Waals surface area contributed by atoms with Crippen LogP contribution < -0.4 is 10.2 Å².